The number of aryl methyl sites for hydroxylation is 1. The van der Waals surface area contributed by atoms with Gasteiger partial charge in [0.1, 0.15) is 5.75 Å². The molecule has 1 aromatic carbocycles. The molecular weight excluding hydrogens is 286 g/mol. The van der Waals surface area contributed by atoms with E-state index in [9.17, 15) is 4.79 Å². The van der Waals surface area contributed by atoms with Crippen LogP contribution in [0.25, 0.3) is 10.9 Å². The molecule has 0 spiro atoms. The molecule has 1 unspecified atom stereocenters. The lowest BCUT2D eigenvalue weighted by Gasteiger charge is -2.28. The summed E-state index contributed by atoms with van der Waals surface area (Å²) < 4.78 is 7.60. The normalized spacial score (nSPS) is 17.6. The highest BCUT2D eigenvalue weighted by Gasteiger charge is 2.20. The van der Waals surface area contributed by atoms with E-state index in [1.165, 1.54) is 18.5 Å². The van der Waals surface area contributed by atoms with E-state index >= 15 is 0 Å². The van der Waals surface area contributed by atoms with Gasteiger partial charge in [-0.25, -0.2) is 0 Å². The minimum Gasteiger partial charge on any atom is -0.497 e. The minimum absolute atomic E-state index is 0.106. The fraction of sp³-hybridized carbons (Fsp3) is 0.450. The standard InChI is InChI=1S/C20H25NO2/c1-3-4-5-6-7-15-8-9-16-12-20(22)18-13-17(23-2)10-11-19(18)21(16)14-15/h4-5,10-13,15H,3,6-9,14H2,1-2H3/b5-4+. The topological polar surface area (TPSA) is 31.2 Å². The lowest BCUT2D eigenvalue weighted by atomic mass is 9.92. The number of ether oxygens (including phenoxy) is 1. The molecule has 3 rings (SSSR count). The van der Waals surface area contributed by atoms with Crippen LogP contribution >= 0.6 is 0 Å². The molecule has 2 aromatic rings. The van der Waals surface area contributed by atoms with Crippen LogP contribution in [0.2, 0.25) is 0 Å². The van der Waals surface area contributed by atoms with E-state index in [1.807, 2.05) is 24.3 Å². The molecule has 0 saturated carbocycles. The number of aromatic nitrogens is 1. The van der Waals surface area contributed by atoms with Gasteiger partial charge in [-0.3, -0.25) is 4.79 Å². The van der Waals surface area contributed by atoms with Crippen LogP contribution in [0.1, 0.15) is 38.3 Å². The summed E-state index contributed by atoms with van der Waals surface area (Å²) in [6.45, 7) is 3.18. The van der Waals surface area contributed by atoms with E-state index in [2.05, 4.69) is 23.6 Å². The largest absolute Gasteiger partial charge is 0.497 e. The molecule has 1 aliphatic rings. The predicted molar refractivity (Wildman–Crippen MR) is 95.2 cm³/mol. The molecule has 122 valence electrons. The maximum Gasteiger partial charge on any atom is 0.189 e. The second kappa shape index (κ2) is 7.03. The number of hydrogen-bond donors (Lipinski definition) is 0. The van der Waals surface area contributed by atoms with Gasteiger partial charge in [0.25, 0.3) is 0 Å². The first-order chi connectivity index (χ1) is 11.2. The Morgan fingerprint density at radius 1 is 1.30 bits per heavy atom. The van der Waals surface area contributed by atoms with E-state index in [1.54, 1.807) is 7.11 Å². The Bertz CT molecular complexity index is 773. The number of methoxy groups -OCH3 is 1. The van der Waals surface area contributed by atoms with E-state index in [0.29, 0.717) is 5.92 Å². The van der Waals surface area contributed by atoms with Crippen LogP contribution in [0, 0.1) is 5.92 Å². The van der Waals surface area contributed by atoms with Crippen molar-refractivity contribution in [2.75, 3.05) is 7.11 Å². The fourth-order valence-corrected chi connectivity index (χ4v) is 3.51. The first kappa shape index (κ1) is 15.9. The second-order valence-corrected chi connectivity index (χ2v) is 6.36. The van der Waals surface area contributed by atoms with Crippen LogP contribution in [0.4, 0.5) is 0 Å². The lowest BCUT2D eigenvalue weighted by molar-refractivity contribution is 0.354. The summed E-state index contributed by atoms with van der Waals surface area (Å²) in [5.41, 5.74) is 2.32. The van der Waals surface area contributed by atoms with Gasteiger partial charge in [0.15, 0.2) is 5.43 Å². The number of rotatable bonds is 5. The predicted octanol–water partition coefficient (Wildman–Crippen LogP) is 4.32. The van der Waals surface area contributed by atoms with Crippen molar-refractivity contribution in [2.24, 2.45) is 5.92 Å². The van der Waals surface area contributed by atoms with Crippen molar-refractivity contribution in [2.45, 2.75) is 45.6 Å². The monoisotopic (exact) mass is 311 g/mol. The van der Waals surface area contributed by atoms with Crippen molar-refractivity contribution in [1.82, 2.24) is 4.57 Å². The van der Waals surface area contributed by atoms with Gasteiger partial charge in [-0.2, -0.15) is 0 Å². The van der Waals surface area contributed by atoms with Gasteiger partial charge in [0.2, 0.25) is 0 Å². The highest BCUT2D eigenvalue weighted by molar-refractivity contribution is 5.81. The first-order valence-corrected chi connectivity index (χ1v) is 8.58. The molecule has 0 saturated heterocycles. The Hall–Kier alpha value is -2.03. The van der Waals surface area contributed by atoms with Crippen LogP contribution < -0.4 is 10.2 Å². The maximum atomic E-state index is 12.4. The average molecular weight is 311 g/mol. The number of allylic oxidation sites excluding steroid dienone is 2. The quantitative estimate of drug-likeness (QED) is 0.770. The van der Waals surface area contributed by atoms with Gasteiger partial charge in [-0.1, -0.05) is 19.1 Å². The van der Waals surface area contributed by atoms with Gasteiger partial charge >= 0.3 is 0 Å². The molecule has 0 N–H and O–H groups in total. The summed E-state index contributed by atoms with van der Waals surface area (Å²) >= 11 is 0. The Kier molecular flexibility index (Phi) is 4.85. The molecule has 1 aliphatic heterocycles. The summed E-state index contributed by atoms with van der Waals surface area (Å²) in [6, 6.07) is 7.65. The highest BCUT2D eigenvalue weighted by Crippen LogP contribution is 2.28. The van der Waals surface area contributed by atoms with Gasteiger partial charge in [0, 0.05) is 23.7 Å². The lowest BCUT2D eigenvalue weighted by Crippen LogP contribution is -2.24. The maximum absolute atomic E-state index is 12.4. The van der Waals surface area contributed by atoms with E-state index in [4.69, 9.17) is 4.74 Å². The molecule has 3 nitrogen and oxygen atoms in total. The van der Waals surface area contributed by atoms with Crippen LogP contribution in [0.3, 0.4) is 0 Å². The zero-order chi connectivity index (χ0) is 16.2. The van der Waals surface area contributed by atoms with Crippen molar-refractivity contribution in [3.63, 3.8) is 0 Å². The Morgan fingerprint density at radius 2 is 2.17 bits per heavy atom. The Balaban J connectivity index is 1.90. The molecule has 2 heterocycles. The number of nitrogens with zero attached hydrogens (tertiary/aromatic N) is 1. The number of fused-ring (bicyclic) bond motifs is 3. The third-order valence-electron chi connectivity index (χ3n) is 4.80. The first-order valence-electron chi connectivity index (χ1n) is 8.58. The van der Waals surface area contributed by atoms with Gasteiger partial charge in [-0.05, 0) is 56.2 Å². The molecule has 0 aliphatic carbocycles. The zero-order valence-electron chi connectivity index (χ0n) is 14.0. The van der Waals surface area contributed by atoms with Crippen molar-refractivity contribution in [3.05, 3.63) is 52.3 Å². The second-order valence-electron chi connectivity index (χ2n) is 6.36. The molecule has 0 fully saturated rings. The molecule has 0 bridgehead atoms. The van der Waals surface area contributed by atoms with Crippen molar-refractivity contribution in [1.29, 1.82) is 0 Å². The van der Waals surface area contributed by atoms with Crippen LogP contribution in [-0.4, -0.2) is 11.7 Å². The molecule has 1 aromatic heterocycles. The van der Waals surface area contributed by atoms with Crippen LogP contribution in [0.5, 0.6) is 5.75 Å². The highest BCUT2D eigenvalue weighted by atomic mass is 16.5. The number of hydrogen-bond acceptors (Lipinski definition) is 2. The molecular formula is C20H25NO2. The van der Waals surface area contributed by atoms with Crippen molar-refractivity contribution < 1.29 is 4.74 Å². The minimum atomic E-state index is 0.106. The van der Waals surface area contributed by atoms with Crippen LogP contribution in [0.15, 0.2) is 41.2 Å². The van der Waals surface area contributed by atoms with Gasteiger partial charge < -0.3 is 9.30 Å². The van der Waals surface area contributed by atoms with Crippen LogP contribution in [-0.2, 0) is 13.0 Å². The Labute approximate surface area is 137 Å². The van der Waals surface area contributed by atoms with Crippen molar-refractivity contribution >= 4 is 10.9 Å². The average Bonchev–Trinajstić information content (AvgIpc) is 2.59. The summed E-state index contributed by atoms with van der Waals surface area (Å²) in [5.74, 6) is 1.43. The molecule has 1 atom stereocenters. The van der Waals surface area contributed by atoms with E-state index in [-0.39, 0.29) is 5.43 Å². The molecule has 0 radical (unpaired) electrons. The third-order valence-corrected chi connectivity index (χ3v) is 4.80. The SMILES string of the molecule is CC/C=C/CCC1CCc2cc(=O)c3cc(OC)ccc3n2C1. The number of benzene rings is 1. The smallest absolute Gasteiger partial charge is 0.189 e. The van der Waals surface area contributed by atoms with E-state index in [0.717, 1.165) is 42.5 Å². The zero-order valence-corrected chi connectivity index (χ0v) is 14.0. The summed E-state index contributed by atoms with van der Waals surface area (Å²) in [4.78, 5) is 12.4. The van der Waals surface area contributed by atoms with Gasteiger partial charge in [-0.15, -0.1) is 0 Å². The Morgan fingerprint density at radius 3 is 2.96 bits per heavy atom. The van der Waals surface area contributed by atoms with Gasteiger partial charge in [0.05, 0.1) is 12.6 Å². The summed E-state index contributed by atoms with van der Waals surface area (Å²) in [6.07, 6.45) is 10.2. The summed E-state index contributed by atoms with van der Waals surface area (Å²) in [7, 11) is 1.64. The van der Waals surface area contributed by atoms with E-state index < -0.39 is 0 Å². The third kappa shape index (κ3) is 3.34. The number of pyridine rings is 1. The van der Waals surface area contributed by atoms with Crippen molar-refractivity contribution in [3.8, 4) is 5.75 Å². The summed E-state index contributed by atoms with van der Waals surface area (Å²) in [5, 5.41) is 0.764. The molecule has 3 heteroatoms. The fourth-order valence-electron chi connectivity index (χ4n) is 3.51. The molecule has 0 amide bonds. The molecule has 23 heavy (non-hydrogen) atoms.